The Morgan fingerprint density at radius 1 is 1.17 bits per heavy atom. The quantitative estimate of drug-likeness (QED) is 0.891. The summed E-state index contributed by atoms with van der Waals surface area (Å²) in [5.41, 5.74) is 5.88. The summed E-state index contributed by atoms with van der Waals surface area (Å²) in [6.07, 6.45) is 0. The van der Waals surface area contributed by atoms with Crippen molar-refractivity contribution in [3.05, 3.63) is 66.0 Å². The van der Waals surface area contributed by atoms with E-state index in [9.17, 15) is 9.18 Å². The summed E-state index contributed by atoms with van der Waals surface area (Å²) in [4.78, 5) is 14.1. The number of rotatable bonds is 6. The van der Waals surface area contributed by atoms with Crippen LogP contribution >= 0.6 is 0 Å². The van der Waals surface area contributed by atoms with E-state index in [0.717, 1.165) is 5.56 Å². The van der Waals surface area contributed by atoms with Crippen molar-refractivity contribution >= 4 is 5.91 Å². The third-order valence-electron chi connectivity index (χ3n) is 3.67. The van der Waals surface area contributed by atoms with E-state index >= 15 is 0 Å². The smallest absolute Gasteiger partial charge is 0.246 e. The van der Waals surface area contributed by atoms with E-state index in [1.165, 1.54) is 17.0 Å². The van der Waals surface area contributed by atoms with E-state index in [-0.39, 0.29) is 11.7 Å². The molecule has 0 aliphatic heterocycles. The molecular formula is C18H21FN2O2. The molecule has 0 bridgehead atoms. The van der Waals surface area contributed by atoms with Crippen LogP contribution in [0.3, 0.4) is 0 Å². The predicted octanol–water partition coefficient (Wildman–Crippen LogP) is 2.54. The van der Waals surface area contributed by atoms with Crippen LogP contribution in [-0.4, -0.2) is 31.0 Å². The van der Waals surface area contributed by atoms with Gasteiger partial charge in [0, 0.05) is 7.05 Å². The number of likely N-dealkylation sites (N-methyl/N-ethyl adjacent to an activating group) is 1. The second-order valence-corrected chi connectivity index (χ2v) is 5.60. The van der Waals surface area contributed by atoms with Gasteiger partial charge in [-0.05, 0) is 36.8 Å². The van der Waals surface area contributed by atoms with E-state index in [2.05, 4.69) is 0 Å². The molecule has 1 amide bonds. The zero-order chi connectivity index (χ0) is 16.9. The lowest BCUT2D eigenvalue weighted by Gasteiger charge is -2.29. The zero-order valence-corrected chi connectivity index (χ0v) is 13.3. The molecule has 1 unspecified atom stereocenters. The maximum absolute atomic E-state index is 12.8. The van der Waals surface area contributed by atoms with Gasteiger partial charge in [0.05, 0.1) is 6.54 Å². The molecule has 1 atom stereocenters. The number of carbonyl (C=O) groups is 1. The van der Waals surface area contributed by atoms with Gasteiger partial charge >= 0.3 is 0 Å². The summed E-state index contributed by atoms with van der Waals surface area (Å²) in [6.45, 7) is 2.39. The highest BCUT2D eigenvalue weighted by molar-refractivity contribution is 5.86. The number of nitrogens with zero attached hydrogens (tertiary/aromatic N) is 1. The maximum atomic E-state index is 12.8. The standard InChI is InChI=1S/C18H21FN2O2/c1-18(20,14-6-4-3-5-7-14)17(22)21(2)12-13-23-16-10-8-15(19)9-11-16/h3-11H,12-13,20H2,1-2H3. The van der Waals surface area contributed by atoms with Gasteiger partial charge in [-0.2, -0.15) is 0 Å². The monoisotopic (exact) mass is 316 g/mol. The van der Waals surface area contributed by atoms with E-state index in [1.807, 2.05) is 30.3 Å². The Hall–Kier alpha value is -2.40. The molecule has 0 saturated carbocycles. The molecule has 0 saturated heterocycles. The Labute approximate surface area is 135 Å². The fourth-order valence-electron chi connectivity index (χ4n) is 2.24. The highest BCUT2D eigenvalue weighted by Gasteiger charge is 2.32. The molecule has 0 aliphatic carbocycles. The predicted molar refractivity (Wildman–Crippen MR) is 87.5 cm³/mol. The fraction of sp³-hybridized carbons (Fsp3) is 0.278. The van der Waals surface area contributed by atoms with Crippen molar-refractivity contribution < 1.29 is 13.9 Å². The average molecular weight is 316 g/mol. The van der Waals surface area contributed by atoms with Crippen molar-refractivity contribution in [2.24, 2.45) is 5.73 Å². The molecule has 0 spiro atoms. The summed E-state index contributed by atoms with van der Waals surface area (Å²) < 4.78 is 18.3. The Morgan fingerprint density at radius 2 is 1.78 bits per heavy atom. The van der Waals surface area contributed by atoms with Crippen molar-refractivity contribution in [2.75, 3.05) is 20.2 Å². The summed E-state index contributed by atoms with van der Waals surface area (Å²) in [7, 11) is 1.68. The molecule has 0 aliphatic rings. The van der Waals surface area contributed by atoms with Gasteiger partial charge in [-0.1, -0.05) is 30.3 Å². The minimum atomic E-state index is -1.09. The second kappa shape index (κ2) is 7.24. The van der Waals surface area contributed by atoms with Crippen LogP contribution in [0.1, 0.15) is 12.5 Å². The second-order valence-electron chi connectivity index (χ2n) is 5.60. The molecule has 2 aromatic carbocycles. The summed E-state index contributed by atoms with van der Waals surface area (Å²) in [5.74, 6) is 0.0589. The normalized spacial score (nSPS) is 13.2. The van der Waals surface area contributed by atoms with Gasteiger partial charge in [0.1, 0.15) is 23.7 Å². The number of carbonyl (C=O) groups excluding carboxylic acids is 1. The van der Waals surface area contributed by atoms with Crippen LogP contribution in [0, 0.1) is 5.82 Å². The first-order chi connectivity index (χ1) is 10.9. The van der Waals surface area contributed by atoms with Crippen LogP contribution < -0.4 is 10.5 Å². The maximum Gasteiger partial charge on any atom is 0.246 e. The number of amides is 1. The van der Waals surface area contributed by atoms with E-state index < -0.39 is 5.54 Å². The molecule has 0 aromatic heterocycles. The number of hydrogen-bond donors (Lipinski definition) is 1. The SMILES string of the molecule is CN(CCOc1ccc(F)cc1)C(=O)C(C)(N)c1ccccc1. The average Bonchev–Trinajstić information content (AvgIpc) is 2.56. The van der Waals surface area contributed by atoms with Crippen LogP contribution in [0.4, 0.5) is 4.39 Å². The fourth-order valence-corrected chi connectivity index (χ4v) is 2.24. The molecule has 2 aromatic rings. The highest BCUT2D eigenvalue weighted by Crippen LogP contribution is 2.19. The van der Waals surface area contributed by atoms with Gasteiger partial charge in [-0.25, -0.2) is 4.39 Å². The van der Waals surface area contributed by atoms with Gasteiger partial charge in [0.2, 0.25) is 5.91 Å². The third-order valence-corrected chi connectivity index (χ3v) is 3.67. The Kier molecular flexibility index (Phi) is 5.34. The van der Waals surface area contributed by atoms with E-state index in [4.69, 9.17) is 10.5 Å². The molecule has 0 radical (unpaired) electrons. The van der Waals surface area contributed by atoms with Gasteiger partial charge in [-0.15, -0.1) is 0 Å². The number of halogens is 1. The Bertz CT molecular complexity index is 642. The molecular weight excluding hydrogens is 295 g/mol. The van der Waals surface area contributed by atoms with Gasteiger partial charge < -0.3 is 15.4 Å². The van der Waals surface area contributed by atoms with Gasteiger partial charge in [-0.3, -0.25) is 4.79 Å². The lowest BCUT2D eigenvalue weighted by molar-refractivity contribution is -0.135. The molecule has 4 nitrogen and oxygen atoms in total. The molecule has 2 N–H and O–H groups in total. The largest absolute Gasteiger partial charge is 0.492 e. The first kappa shape index (κ1) is 17.0. The van der Waals surface area contributed by atoms with Crippen molar-refractivity contribution in [3.8, 4) is 5.75 Å². The third kappa shape index (κ3) is 4.29. The first-order valence-electron chi connectivity index (χ1n) is 7.39. The number of benzene rings is 2. The number of hydrogen-bond acceptors (Lipinski definition) is 3. The number of ether oxygens (including phenoxy) is 1. The molecule has 122 valence electrons. The van der Waals surface area contributed by atoms with Crippen LogP contribution in [0.15, 0.2) is 54.6 Å². The number of nitrogens with two attached hydrogens (primary N) is 1. The first-order valence-corrected chi connectivity index (χ1v) is 7.39. The van der Waals surface area contributed by atoms with Crippen LogP contribution in [-0.2, 0) is 10.3 Å². The summed E-state index contributed by atoms with van der Waals surface area (Å²) in [6, 6.07) is 15.0. The topological polar surface area (TPSA) is 55.6 Å². The van der Waals surface area contributed by atoms with Crippen molar-refractivity contribution in [1.29, 1.82) is 0 Å². The van der Waals surface area contributed by atoms with Crippen molar-refractivity contribution in [1.82, 2.24) is 4.90 Å². The minimum absolute atomic E-state index is 0.189. The Morgan fingerprint density at radius 3 is 2.39 bits per heavy atom. The molecule has 0 heterocycles. The van der Waals surface area contributed by atoms with Crippen LogP contribution in [0.2, 0.25) is 0 Å². The minimum Gasteiger partial charge on any atom is -0.492 e. The van der Waals surface area contributed by atoms with Gasteiger partial charge in [0.15, 0.2) is 0 Å². The summed E-state index contributed by atoms with van der Waals surface area (Å²) >= 11 is 0. The van der Waals surface area contributed by atoms with E-state index in [0.29, 0.717) is 18.9 Å². The molecule has 0 fully saturated rings. The van der Waals surface area contributed by atoms with E-state index in [1.54, 1.807) is 26.1 Å². The molecule has 2 rings (SSSR count). The highest BCUT2D eigenvalue weighted by atomic mass is 19.1. The molecule has 5 heteroatoms. The Balaban J connectivity index is 1.91. The molecule has 23 heavy (non-hydrogen) atoms. The zero-order valence-electron chi connectivity index (χ0n) is 13.3. The van der Waals surface area contributed by atoms with Crippen molar-refractivity contribution in [3.63, 3.8) is 0 Å². The lowest BCUT2D eigenvalue weighted by Crippen LogP contribution is -2.50. The van der Waals surface area contributed by atoms with Crippen LogP contribution in [0.5, 0.6) is 5.75 Å². The van der Waals surface area contributed by atoms with Crippen molar-refractivity contribution in [2.45, 2.75) is 12.5 Å². The van der Waals surface area contributed by atoms with Crippen LogP contribution in [0.25, 0.3) is 0 Å². The van der Waals surface area contributed by atoms with Gasteiger partial charge in [0.25, 0.3) is 0 Å². The lowest BCUT2D eigenvalue weighted by atomic mass is 9.92. The summed E-state index contributed by atoms with van der Waals surface area (Å²) in [5, 5.41) is 0.